The summed E-state index contributed by atoms with van der Waals surface area (Å²) in [6, 6.07) is 8.44. The number of anilines is 1. The Bertz CT molecular complexity index is 410. The number of hydrogen-bond acceptors (Lipinski definition) is 2. The Labute approximate surface area is 95.0 Å². The van der Waals surface area contributed by atoms with Crippen LogP contribution in [0.3, 0.4) is 0 Å². The highest BCUT2D eigenvalue weighted by Gasteiger charge is 2.33. The van der Waals surface area contributed by atoms with E-state index in [2.05, 4.69) is 6.07 Å². The molecule has 2 heterocycles. The van der Waals surface area contributed by atoms with Crippen molar-refractivity contribution in [3.05, 3.63) is 29.8 Å². The van der Waals surface area contributed by atoms with E-state index in [4.69, 9.17) is 4.74 Å². The van der Waals surface area contributed by atoms with Gasteiger partial charge in [-0.1, -0.05) is 18.2 Å². The zero-order valence-corrected chi connectivity index (χ0v) is 9.19. The predicted octanol–water partition coefficient (Wildman–Crippen LogP) is 1.75. The van der Waals surface area contributed by atoms with Gasteiger partial charge in [-0.15, -0.1) is 0 Å². The molecule has 3 nitrogen and oxygen atoms in total. The quantitative estimate of drug-likeness (QED) is 0.717. The Hall–Kier alpha value is -1.35. The number of para-hydroxylation sites is 1. The van der Waals surface area contributed by atoms with Crippen LogP contribution in [0, 0.1) is 0 Å². The lowest BCUT2D eigenvalue weighted by molar-refractivity contribution is -0.118. The van der Waals surface area contributed by atoms with Crippen molar-refractivity contribution in [1.82, 2.24) is 0 Å². The van der Waals surface area contributed by atoms with Crippen LogP contribution in [0.15, 0.2) is 24.3 Å². The van der Waals surface area contributed by atoms with Gasteiger partial charge in [-0.05, 0) is 24.5 Å². The lowest BCUT2D eigenvalue weighted by Crippen LogP contribution is -2.41. The number of ether oxygens (including phenoxy) is 1. The average Bonchev–Trinajstić information content (AvgIpc) is 2.66. The zero-order valence-electron chi connectivity index (χ0n) is 9.19. The molecular weight excluding hydrogens is 202 g/mol. The number of carbonyl (C=O) groups excluding carboxylic acids is 1. The minimum Gasteiger partial charge on any atom is -0.381 e. The van der Waals surface area contributed by atoms with Crippen molar-refractivity contribution in [3.63, 3.8) is 0 Å². The first-order valence-corrected chi connectivity index (χ1v) is 5.84. The summed E-state index contributed by atoms with van der Waals surface area (Å²) in [4.78, 5) is 14.0. The molecule has 1 aromatic rings. The van der Waals surface area contributed by atoms with Crippen LogP contribution < -0.4 is 4.90 Å². The molecule has 3 heteroatoms. The molecule has 2 aliphatic heterocycles. The third-order valence-corrected chi connectivity index (χ3v) is 3.42. The van der Waals surface area contributed by atoms with Crippen molar-refractivity contribution in [2.24, 2.45) is 0 Å². The molecular formula is C13H15NO2. The minimum atomic E-state index is 0.244. The molecule has 1 saturated heterocycles. The molecule has 84 valence electrons. The summed E-state index contributed by atoms with van der Waals surface area (Å²) in [6.45, 7) is 1.55. The van der Waals surface area contributed by atoms with Gasteiger partial charge >= 0.3 is 0 Å². The lowest BCUT2D eigenvalue weighted by Gasteiger charge is -2.31. The summed E-state index contributed by atoms with van der Waals surface area (Å²) in [7, 11) is 0. The minimum absolute atomic E-state index is 0.244. The van der Waals surface area contributed by atoms with Crippen molar-refractivity contribution in [2.75, 3.05) is 18.1 Å². The molecule has 1 fully saturated rings. The van der Waals surface area contributed by atoms with Gasteiger partial charge in [0, 0.05) is 24.9 Å². The van der Waals surface area contributed by atoms with Crippen LogP contribution in [0.5, 0.6) is 0 Å². The van der Waals surface area contributed by atoms with Gasteiger partial charge in [0.15, 0.2) is 0 Å². The van der Waals surface area contributed by atoms with E-state index in [1.54, 1.807) is 0 Å². The molecule has 16 heavy (non-hydrogen) atoms. The van der Waals surface area contributed by atoms with Gasteiger partial charge in [-0.25, -0.2) is 0 Å². The smallest absolute Gasteiger partial charge is 0.231 e. The van der Waals surface area contributed by atoms with Crippen molar-refractivity contribution in [3.8, 4) is 0 Å². The van der Waals surface area contributed by atoms with Crippen molar-refractivity contribution in [1.29, 1.82) is 0 Å². The fraction of sp³-hybridized carbons (Fsp3) is 0.462. The summed E-state index contributed by atoms with van der Waals surface area (Å²) >= 11 is 0. The van der Waals surface area contributed by atoms with Gasteiger partial charge in [0.2, 0.25) is 5.91 Å². The van der Waals surface area contributed by atoms with Gasteiger partial charge < -0.3 is 9.64 Å². The first kappa shape index (κ1) is 9.85. The molecule has 3 rings (SSSR count). The molecule has 0 bridgehead atoms. The molecule has 0 aliphatic carbocycles. The van der Waals surface area contributed by atoms with Gasteiger partial charge in [0.1, 0.15) is 0 Å². The Kier molecular flexibility index (Phi) is 2.40. The molecule has 2 aliphatic rings. The van der Waals surface area contributed by atoms with Gasteiger partial charge in [0.05, 0.1) is 6.42 Å². The van der Waals surface area contributed by atoms with Crippen molar-refractivity contribution in [2.45, 2.75) is 25.3 Å². The van der Waals surface area contributed by atoms with E-state index < -0.39 is 0 Å². The summed E-state index contributed by atoms with van der Waals surface area (Å²) in [6.07, 6.45) is 2.48. The number of fused-ring (bicyclic) bond motifs is 1. The maximum Gasteiger partial charge on any atom is 0.231 e. The first-order chi connectivity index (χ1) is 7.86. The maximum absolute atomic E-state index is 12.0. The van der Waals surface area contributed by atoms with Crippen LogP contribution in [0.2, 0.25) is 0 Å². The van der Waals surface area contributed by atoms with Crippen LogP contribution >= 0.6 is 0 Å². The second-order valence-electron chi connectivity index (χ2n) is 4.41. The number of nitrogens with zero attached hydrogens (tertiary/aromatic N) is 1. The molecule has 0 N–H and O–H groups in total. The van der Waals surface area contributed by atoms with Gasteiger partial charge in [0.25, 0.3) is 0 Å². The second-order valence-corrected chi connectivity index (χ2v) is 4.41. The highest BCUT2D eigenvalue weighted by Crippen LogP contribution is 2.32. The highest BCUT2D eigenvalue weighted by atomic mass is 16.5. The van der Waals surface area contributed by atoms with Crippen molar-refractivity contribution >= 4 is 11.6 Å². The van der Waals surface area contributed by atoms with E-state index >= 15 is 0 Å². The van der Waals surface area contributed by atoms with E-state index in [-0.39, 0.29) is 5.91 Å². The Morgan fingerprint density at radius 1 is 1.19 bits per heavy atom. The SMILES string of the molecule is O=C1Cc2ccccc2N1C1CCOCC1. The molecule has 0 unspecified atom stereocenters. The van der Waals surface area contributed by atoms with Crippen LogP contribution in [0.4, 0.5) is 5.69 Å². The van der Waals surface area contributed by atoms with Gasteiger partial charge in [-0.2, -0.15) is 0 Å². The fourth-order valence-corrected chi connectivity index (χ4v) is 2.62. The average molecular weight is 217 g/mol. The third kappa shape index (κ3) is 1.52. The summed E-state index contributed by atoms with van der Waals surface area (Å²) in [5, 5.41) is 0. The monoisotopic (exact) mass is 217 g/mol. The number of carbonyl (C=O) groups is 1. The lowest BCUT2D eigenvalue weighted by atomic mass is 10.1. The normalized spacial score (nSPS) is 21.2. The summed E-state index contributed by atoms with van der Waals surface area (Å²) in [5.41, 5.74) is 2.28. The largest absolute Gasteiger partial charge is 0.381 e. The Morgan fingerprint density at radius 2 is 1.94 bits per heavy atom. The number of benzene rings is 1. The molecule has 0 spiro atoms. The van der Waals surface area contributed by atoms with E-state index in [1.165, 1.54) is 5.56 Å². The molecule has 1 amide bonds. The number of hydrogen-bond donors (Lipinski definition) is 0. The molecule has 1 aromatic carbocycles. The third-order valence-electron chi connectivity index (χ3n) is 3.42. The topological polar surface area (TPSA) is 29.5 Å². The molecule has 0 atom stereocenters. The maximum atomic E-state index is 12.0. The van der Waals surface area contributed by atoms with E-state index in [0.717, 1.165) is 31.7 Å². The Morgan fingerprint density at radius 3 is 2.75 bits per heavy atom. The molecule has 0 radical (unpaired) electrons. The summed E-state index contributed by atoms with van der Waals surface area (Å²) < 4.78 is 5.34. The predicted molar refractivity (Wildman–Crippen MR) is 61.5 cm³/mol. The van der Waals surface area contributed by atoms with Crippen LogP contribution in [0.1, 0.15) is 18.4 Å². The van der Waals surface area contributed by atoms with E-state index in [0.29, 0.717) is 12.5 Å². The van der Waals surface area contributed by atoms with Gasteiger partial charge in [-0.3, -0.25) is 4.79 Å². The van der Waals surface area contributed by atoms with E-state index in [1.807, 2.05) is 23.1 Å². The fourth-order valence-electron chi connectivity index (χ4n) is 2.62. The Balaban J connectivity index is 1.92. The van der Waals surface area contributed by atoms with Crippen LogP contribution in [0.25, 0.3) is 0 Å². The second kappa shape index (κ2) is 3.91. The number of rotatable bonds is 1. The first-order valence-electron chi connectivity index (χ1n) is 5.84. The highest BCUT2D eigenvalue weighted by molar-refractivity contribution is 6.01. The van der Waals surface area contributed by atoms with Crippen LogP contribution in [-0.4, -0.2) is 25.2 Å². The molecule has 0 saturated carbocycles. The standard InChI is InChI=1S/C13H15NO2/c15-13-9-10-3-1-2-4-12(10)14(13)11-5-7-16-8-6-11/h1-4,11H,5-9H2. The molecule has 0 aromatic heterocycles. The number of amides is 1. The zero-order chi connectivity index (χ0) is 11.0. The van der Waals surface area contributed by atoms with Crippen LogP contribution in [-0.2, 0) is 16.0 Å². The van der Waals surface area contributed by atoms with E-state index in [9.17, 15) is 4.79 Å². The van der Waals surface area contributed by atoms with Crippen molar-refractivity contribution < 1.29 is 9.53 Å². The summed E-state index contributed by atoms with van der Waals surface area (Å²) in [5.74, 6) is 0.244.